The van der Waals surface area contributed by atoms with Gasteiger partial charge in [0.1, 0.15) is 0 Å². The first-order chi connectivity index (χ1) is 18.1. The second-order valence-corrected chi connectivity index (χ2v) is 21.4. The van der Waals surface area contributed by atoms with Crippen LogP contribution in [0.4, 0.5) is 0 Å². The molecule has 3 heteroatoms. The van der Waals surface area contributed by atoms with Crippen molar-refractivity contribution in [3.8, 4) is 0 Å². The molecule has 0 bridgehead atoms. The summed E-state index contributed by atoms with van der Waals surface area (Å²) in [6.45, 7) is 14.8. The molecular weight excluding hydrogens is 563 g/mol. The Morgan fingerprint density at radius 1 is 0.550 bits per heavy atom. The van der Waals surface area contributed by atoms with Crippen molar-refractivity contribution in [1.29, 1.82) is 0 Å². The molecule has 0 aromatic heterocycles. The number of fused-ring (bicyclic) bond motifs is 6. The molecular formula is C37H40Cl2Ti. The van der Waals surface area contributed by atoms with Crippen LogP contribution >= 0.6 is 0 Å². The monoisotopic (exact) mass is 602 g/mol. The number of hydrogen-bond donors (Lipinski definition) is 0. The van der Waals surface area contributed by atoms with Gasteiger partial charge in [-0.2, -0.15) is 0 Å². The Kier molecular flexibility index (Phi) is 7.54. The molecule has 40 heavy (non-hydrogen) atoms. The van der Waals surface area contributed by atoms with Crippen LogP contribution < -0.4 is 24.8 Å². The van der Waals surface area contributed by atoms with Crippen molar-refractivity contribution in [3.63, 3.8) is 0 Å². The molecule has 1 heterocycles. The van der Waals surface area contributed by atoms with E-state index in [0.717, 1.165) is 0 Å². The van der Waals surface area contributed by atoms with E-state index in [1.807, 2.05) is 0 Å². The summed E-state index contributed by atoms with van der Waals surface area (Å²) in [6, 6.07) is 28.0. The van der Waals surface area contributed by atoms with Crippen LogP contribution in [0.5, 0.6) is 0 Å². The van der Waals surface area contributed by atoms with Gasteiger partial charge in [0, 0.05) is 0 Å². The van der Waals surface area contributed by atoms with Crippen molar-refractivity contribution in [2.75, 3.05) is 0 Å². The summed E-state index contributed by atoms with van der Waals surface area (Å²) >= 11 is -2.55. The molecule has 1 saturated heterocycles. The number of halogens is 2. The standard InChI is InChI=1S/2C17H17.C3H6.2ClH.Ti/c2*1-17(2,3)14-10-13-9-8-12-6-4-5-7-15(12)16(13)11-14;1-3-2;;;/h2*4-11H,1-3H3;1-3H2;2*1H;/q;;;;;+2/p-2. The van der Waals surface area contributed by atoms with Gasteiger partial charge in [-0.1, -0.05) is 0 Å². The fourth-order valence-electron chi connectivity index (χ4n) is 8.13. The molecule has 3 aliphatic rings. The van der Waals surface area contributed by atoms with Gasteiger partial charge >= 0.3 is 233 Å². The summed E-state index contributed by atoms with van der Waals surface area (Å²) in [5.74, 6) is 0. The number of hydrogen-bond acceptors (Lipinski definition) is 0. The number of rotatable bonds is 2. The van der Waals surface area contributed by atoms with Gasteiger partial charge in [0.15, 0.2) is 0 Å². The summed E-state index contributed by atoms with van der Waals surface area (Å²) in [5, 5.41) is 5.63. The largest absolute Gasteiger partial charge is 1.00 e. The first-order valence-electron chi connectivity index (χ1n) is 14.6. The molecule has 2 atom stereocenters. The minimum absolute atomic E-state index is 0. The zero-order chi connectivity index (χ0) is 26.4. The average molecular weight is 604 g/mol. The summed E-state index contributed by atoms with van der Waals surface area (Å²) in [6.07, 6.45) is 6.70. The Morgan fingerprint density at radius 2 is 0.950 bits per heavy atom. The summed E-state index contributed by atoms with van der Waals surface area (Å²) < 4.78 is 4.23. The Balaban J connectivity index is 0.00000161. The van der Waals surface area contributed by atoms with Crippen LogP contribution in [0.25, 0.3) is 33.7 Å². The smallest absolute Gasteiger partial charge is 1.00 e. The van der Waals surface area contributed by atoms with E-state index in [2.05, 4.69) is 126 Å². The van der Waals surface area contributed by atoms with Crippen molar-refractivity contribution in [2.45, 2.75) is 65.9 Å². The zero-order valence-electron chi connectivity index (χ0n) is 24.6. The molecule has 0 spiro atoms. The minimum atomic E-state index is -2.55. The second-order valence-electron chi connectivity index (χ2n) is 14.2. The first-order valence-corrected chi connectivity index (χ1v) is 18.6. The number of allylic oxidation sites excluding steroid dienone is 2. The van der Waals surface area contributed by atoms with Gasteiger partial charge in [0.05, 0.1) is 0 Å². The Hall–Kier alpha value is -1.83. The van der Waals surface area contributed by atoms with Crippen LogP contribution in [0.15, 0.2) is 83.9 Å². The third kappa shape index (κ3) is 4.29. The number of benzene rings is 4. The maximum absolute atomic E-state index is 2.64. The van der Waals surface area contributed by atoms with E-state index >= 15 is 0 Å². The molecule has 7 rings (SSSR count). The summed E-state index contributed by atoms with van der Waals surface area (Å²) in [4.78, 5) is 0. The zero-order valence-corrected chi connectivity index (χ0v) is 27.7. The van der Waals surface area contributed by atoms with E-state index in [-0.39, 0.29) is 35.6 Å². The molecule has 206 valence electrons. The molecule has 4 aromatic rings. The predicted octanol–water partition coefficient (Wildman–Crippen LogP) is 5.06. The first kappa shape index (κ1) is 29.7. The van der Waals surface area contributed by atoms with E-state index in [1.54, 1.807) is 22.3 Å². The van der Waals surface area contributed by atoms with Gasteiger partial charge in [0.25, 0.3) is 0 Å². The van der Waals surface area contributed by atoms with Crippen molar-refractivity contribution < 1.29 is 41.4 Å². The molecule has 0 amide bonds. The van der Waals surface area contributed by atoms with Gasteiger partial charge in [-0.25, -0.2) is 0 Å². The van der Waals surface area contributed by atoms with E-state index in [9.17, 15) is 0 Å². The van der Waals surface area contributed by atoms with Gasteiger partial charge in [-0.3, -0.25) is 0 Å². The van der Waals surface area contributed by atoms with Crippen LogP contribution in [0.1, 0.15) is 78.7 Å². The molecule has 1 aliphatic heterocycles. The molecule has 0 saturated carbocycles. The van der Waals surface area contributed by atoms with Gasteiger partial charge in [-0.15, -0.1) is 0 Å². The van der Waals surface area contributed by atoms with Gasteiger partial charge in [0.2, 0.25) is 0 Å². The molecule has 4 aromatic carbocycles. The van der Waals surface area contributed by atoms with Crippen molar-refractivity contribution >= 4 is 33.7 Å². The second kappa shape index (κ2) is 10.2. The summed E-state index contributed by atoms with van der Waals surface area (Å²) in [5.41, 5.74) is 10.1. The van der Waals surface area contributed by atoms with Gasteiger partial charge in [-0.05, 0) is 0 Å². The Labute approximate surface area is 256 Å². The Morgan fingerprint density at radius 3 is 1.30 bits per heavy atom. The van der Waals surface area contributed by atoms with Crippen LogP contribution in [0, 0.1) is 10.8 Å². The molecule has 2 aliphatic carbocycles. The van der Waals surface area contributed by atoms with Crippen LogP contribution in [0.3, 0.4) is 0 Å². The molecule has 0 nitrogen and oxygen atoms in total. The predicted molar refractivity (Wildman–Crippen MR) is 162 cm³/mol. The minimum Gasteiger partial charge on any atom is -1.00 e. The van der Waals surface area contributed by atoms with E-state index in [1.165, 1.54) is 48.5 Å². The molecule has 0 N–H and O–H groups in total. The van der Waals surface area contributed by atoms with Crippen LogP contribution in [0.2, 0.25) is 9.45 Å². The van der Waals surface area contributed by atoms with Crippen molar-refractivity contribution in [3.05, 3.63) is 106 Å². The van der Waals surface area contributed by atoms with Crippen molar-refractivity contribution in [1.82, 2.24) is 0 Å². The van der Waals surface area contributed by atoms with E-state index < -0.39 is 16.6 Å². The van der Waals surface area contributed by atoms with E-state index in [0.29, 0.717) is 8.45 Å². The quantitative estimate of drug-likeness (QED) is 0.281. The van der Waals surface area contributed by atoms with E-state index in [4.69, 9.17) is 0 Å². The molecule has 0 radical (unpaired) electrons. The Bertz CT molecular complexity index is 1550. The van der Waals surface area contributed by atoms with Crippen LogP contribution in [-0.2, 0) is 16.6 Å². The normalized spacial score (nSPS) is 20.2. The average Bonchev–Trinajstić information content (AvgIpc) is 3.44. The molecule has 1 fully saturated rings. The SMILES string of the molecule is CC(C)(C)C1=Cc2c(ccc3ccccc23)[CH]1[Ti+2]1([CH]2C(C(C)(C)C)=Cc3c2ccc2ccccc32)[CH2]C[CH2]1.[Cl-].[Cl-]. The molecule has 2 unspecified atom stereocenters. The fraction of sp³-hybridized carbons (Fsp3) is 0.351. The topological polar surface area (TPSA) is 0 Å². The van der Waals surface area contributed by atoms with Gasteiger partial charge < -0.3 is 24.8 Å². The third-order valence-corrected chi connectivity index (χ3v) is 19.6. The fourth-order valence-corrected chi connectivity index (χ4v) is 18.5. The maximum atomic E-state index is 2.64. The maximum Gasteiger partial charge on any atom is -1.00 e. The third-order valence-electron chi connectivity index (χ3n) is 10.0. The van der Waals surface area contributed by atoms with Crippen LogP contribution in [-0.4, -0.2) is 0 Å². The summed E-state index contributed by atoms with van der Waals surface area (Å²) in [7, 11) is 0. The van der Waals surface area contributed by atoms with Crippen molar-refractivity contribution in [2.24, 2.45) is 10.8 Å².